The summed E-state index contributed by atoms with van der Waals surface area (Å²) in [6.07, 6.45) is 0.139. The van der Waals surface area contributed by atoms with Crippen LogP contribution in [-0.4, -0.2) is 42.5 Å². The Kier molecular flexibility index (Phi) is 4.30. The molecule has 5 heteroatoms. The molecule has 1 aromatic rings. The number of hydrogen-bond acceptors (Lipinski definition) is 5. The molecule has 0 aromatic heterocycles. The summed E-state index contributed by atoms with van der Waals surface area (Å²) < 4.78 is 10.4. The maximum absolute atomic E-state index is 11.2. The van der Waals surface area contributed by atoms with Crippen LogP contribution in [0.15, 0.2) is 24.3 Å². The van der Waals surface area contributed by atoms with Gasteiger partial charge in [0, 0.05) is 13.5 Å². The molecule has 1 aromatic carbocycles. The van der Waals surface area contributed by atoms with Crippen molar-refractivity contribution < 1.29 is 19.4 Å². The normalized spacial score (nSPS) is 29.2. The molecular weight excluding hydrogens is 258 g/mol. The van der Waals surface area contributed by atoms with Crippen LogP contribution in [0.4, 0.5) is 0 Å². The van der Waals surface area contributed by atoms with Gasteiger partial charge in [-0.3, -0.25) is 4.79 Å². The highest BCUT2D eigenvalue weighted by molar-refractivity contribution is 5.66. The summed E-state index contributed by atoms with van der Waals surface area (Å²) in [5.74, 6) is 0.426. The number of aliphatic hydroxyl groups is 1. The molecule has 1 fully saturated rings. The van der Waals surface area contributed by atoms with Crippen LogP contribution in [0, 0.1) is 0 Å². The Labute approximate surface area is 118 Å². The molecule has 0 unspecified atom stereocenters. The molecule has 1 aliphatic rings. The van der Waals surface area contributed by atoms with E-state index in [-0.39, 0.29) is 12.0 Å². The lowest BCUT2D eigenvalue weighted by atomic mass is 9.94. The van der Waals surface area contributed by atoms with Crippen LogP contribution < -0.4 is 10.1 Å². The Morgan fingerprint density at radius 2 is 2.10 bits per heavy atom. The van der Waals surface area contributed by atoms with Crippen molar-refractivity contribution in [2.24, 2.45) is 0 Å². The quantitative estimate of drug-likeness (QED) is 0.801. The monoisotopic (exact) mass is 279 g/mol. The molecule has 3 atom stereocenters. The van der Waals surface area contributed by atoms with Crippen molar-refractivity contribution in [1.29, 1.82) is 0 Å². The van der Waals surface area contributed by atoms with Crippen molar-refractivity contribution in [3.63, 3.8) is 0 Å². The van der Waals surface area contributed by atoms with E-state index in [1.807, 2.05) is 24.3 Å². The van der Waals surface area contributed by atoms with Crippen molar-refractivity contribution in [3.05, 3.63) is 29.8 Å². The highest BCUT2D eigenvalue weighted by Crippen LogP contribution is 2.25. The van der Waals surface area contributed by atoms with E-state index in [1.165, 1.54) is 6.92 Å². The Morgan fingerprint density at radius 3 is 2.65 bits per heavy atom. The number of nitrogens with one attached hydrogen (secondary N) is 1. The zero-order chi connectivity index (χ0) is 14.8. The van der Waals surface area contributed by atoms with E-state index >= 15 is 0 Å². The minimum atomic E-state index is -1.04. The van der Waals surface area contributed by atoms with E-state index in [0.717, 1.165) is 11.3 Å². The molecule has 0 bridgehead atoms. The number of esters is 1. The van der Waals surface area contributed by atoms with Crippen LogP contribution in [-0.2, 0) is 16.0 Å². The molecule has 20 heavy (non-hydrogen) atoms. The van der Waals surface area contributed by atoms with Gasteiger partial charge in [0.2, 0.25) is 0 Å². The predicted octanol–water partition coefficient (Wildman–Crippen LogP) is 0.892. The van der Waals surface area contributed by atoms with Gasteiger partial charge in [0.25, 0.3) is 0 Å². The summed E-state index contributed by atoms with van der Waals surface area (Å²) in [6, 6.07) is 7.63. The first-order chi connectivity index (χ1) is 9.42. The van der Waals surface area contributed by atoms with Crippen molar-refractivity contribution in [2.75, 3.05) is 13.7 Å². The molecule has 5 nitrogen and oxygen atoms in total. The third-order valence-corrected chi connectivity index (χ3v) is 3.61. The third kappa shape index (κ3) is 3.29. The van der Waals surface area contributed by atoms with Crippen LogP contribution >= 0.6 is 0 Å². The highest BCUT2D eigenvalue weighted by Gasteiger charge is 2.46. The summed E-state index contributed by atoms with van der Waals surface area (Å²) >= 11 is 0. The molecule has 0 radical (unpaired) electrons. The largest absolute Gasteiger partial charge is 0.497 e. The lowest BCUT2D eigenvalue weighted by Crippen LogP contribution is -2.45. The van der Waals surface area contributed by atoms with Gasteiger partial charge in [0.1, 0.15) is 17.5 Å². The summed E-state index contributed by atoms with van der Waals surface area (Å²) in [5, 5.41) is 13.5. The molecule has 1 heterocycles. The number of methoxy groups -OCH3 is 1. The number of rotatable bonds is 4. The van der Waals surface area contributed by atoms with Gasteiger partial charge < -0.3 is 19.9 Å². The molecule has 0 spiro atoms. The van der Waals surface area contributed by atoms with Crippen molar-refractivity contribution in [1.82, 2.24) is 5.32 Å². The topological polar surface area (TPSA) is 67.8 Å². The Bertz CT molecular complexity index is 469. The van der Waals surface area contributed by atoms with E-state index in [9.17, 15) is 9.90 Å². The first-order valence-electron chi connectivity index (χ1n) is 6.68. The Morgan fingerprint density at radius 1 is 1.45 bits per heavy atom. The molecular formula is C15H21NO4. The predicted molar refractivity (Wildman–Crippen MR) is 74.7 cm³/mol. The molecule has 2 rings (SSSR count). The first kappa shape index (κ1) is 14.8. The van der Waals surface area contributed by atoms with Crippen LogP contribution in [0.1, 0.15) is 19.4 Å². The smallest absolute Gasteiger partial charge is 0.303 e. The van der Waals surface area contributed by atoms with Gasteiger partial charge in [-0.25, -0.2) is 0 Å². The maximum Gasteiger partial charge on any atom is 0.303 e. The second kappa shape index (κ2) is 5.81. The van der Waals surface area contributed by atoms with E-state index in [2.05, 4.69) is 5.32 Å². The lowest BCUT2D eigenvalue weighted by Gasteiger charge is -2.27. The van der Waals surface area contributed by atoms with Gasteiger partial charge in [-0.05, 0) is 31.0 Å². The average Bonchev–Trinajstić information content (AvgIpc) is 2.67. The van der Waals surface area contributed by atoms with Gasteiger partial charge in [0.15, 0.2) is 0 Å². The summed E-state index contributed by atoms with van der Waals surface area (Å²) in [5.41, 5.74) is 0.0566. The highest BCUT2D eigenvalue weighted by atomic mass is 16.6. The second-order valence-electron chi connectivity index (χ2n) is 5.43. The molecule has 0 aliphatic carbocycles. The average molecular weight is 279 g/mol. The van der Waals surface area contributed by atoms with E-state index in [1.54, 1.807) is 14.0 Å². The fraction of sp³-hybridized carbons (Fsp3) is 0.533. The molecule has 2 N–H and O–H groups in total. The number of benzene rings is 1. The number of carbonyl (C=O) groups is 1. The number of carbonyl (C=O) groups excluding carboxylic acids is 1. The van der Waals surface area contributed by atoms with Crippen LogP contribution in [0.5, 0.6) is 5.75 Å². The van der Waals surface area contributed by atoms with Crippen LogP contribution in [0.25, 0.3) is 0 Å². The second-order valence-corrected chi connectivity index (χ2v) is 5.43. The van der Waals surface area contributed by atoms with Gasteiger partial charge >= 0.3 is 5.97 Å². The zero-order valence-corrected chi connectivity index (χ0v) is 12.1. The van der Waals surface area contributed by atoms with E-state index in [0.29, 0.717) is 13.0 Å². The lowest BCUT2D eigenvalue weighted by molar-refractivity contribution is -0.157. The van der Waals surface area contributed by atoms with Gasteiger partial charge in [0.05, 0.1) is 13.2 Å². The minimum absolute atomic E-state index is 0.0951. The van der Waals surface area contributed by atoms with E-state index in [4.69, 9.17) is 9.47 Å². The fourth-order valence-corrected chi connectivity index (χ4v) is 2.56. The summed E-state index contributed by atoms with van der Waals surface area (Å²) in [4.78, 5) is 11.2. The van der Waals surface area contributed by atoms with Crippen LogP contribution in [0.3, 0.4) is 0 Å². The Balaban J connectivity index is 2.08. The summed E-state index contributed by atoms with van der Waals surface area (Å²) in [6.45, 7) is 3.45. The zero-order valence-electron chi connectivity index (χ0n) is 12.1. The van der Waals surface area contributed by atoms with E-state index < -0.39 is 11.7 Å². The van der Waals surface area contributed by atoms with Gasteiger partial charge in [-0.2, -0.15) is 0 Å². The molecule has 1 aliphatic heterocycles. The standard InChI is InChI=1S/C15H21NO4/c1-10(17)20-14-13(16-9-15(14,2)18)8-11-4-6-12(19-3)7-5-11/h4-7,13-14,16,18H,8-9H2,1-3H3/t13-,14+,15+/m1/s1. The fourth-order valence-electron chi connectivity index (χ4n) is 2.56. The number of β-amino-alcohol motifs (C(OH)–C–C–N with tert-alkyl or cyclic N) is 1. The van der Waals surface area contributed by atoms with Gasteiger partial charge in [-0.1, -0.05) is 12.1 Å². The molecule has 0 amide bonds. The van der Waals surface area contributed by atoms with Crippen molar-refractivity contribution in [3.8, 4) is 5.75 Å². The maximum atomic E-state index is 11.2. The first-order valence-corrected chi connectivity index (χ1v) is 6.68. The van der Waals surface area contributed by atoms with Gasteiger partial charge in [-0.15, -0.1) is 0 Å². The molecule has 110 valence electrons. The SMILES string of the molecule is COc1ccc(C[C@H]2NC[C@](C)(O)[C@H]2OC(C)=O)cc1. The Hall–Kier alpha value is -1.59. The van der Waals surface area contributed by atoms with Crippen LogP contribution in [0.2, 0.25) is 0 Å². The molecule has 1 saturated heterocycles. The molecule has 0 saturated carbocycles. The third-order valence-electron chi connectivity index (χ3n) is 3.61. The minimum Gasteiger partial charge on any atom is -0.497 e. The number of ether oxygens (including phenoxy) is 2. The van der Waals surface area contributed by atoms with Crippen molar-refractivity contribution >= 4 is 5.97 Å². The number of hydrogen-bond donors (Lipinski definition) is 2. The van der Waals surface area contributed by atoms with Crippen molar-refractivity contribution in [2.45, 2.75) is 38.0 Å². The summed E-state index contributed by atoms with van der Waals surface area (Å²) in [7, 11) is 1.63.